The number of carboxylic acid groups (broad SMARTS) is 1. The van der Waals surface area contributed by atoms with Crippen molar-refractivity contribution in [2.24, 2.45) is 5.92 Å². The molecule has 2 aliphatic carbocycles. The summed E-state index contributed by atoms with van der Waals surface area (Å²) >= 11 is 0. The maximum Gasteiger partial charge on any atom is 0.407 e. The van der Waals surface area contributed by atoms with Crippen molar-refractivity contribution in [3.05, 3.63) is 59.7 Å². The predicted molar refractivity (Wildman–Crippen MR) is 133 cm³/mol. The number of amides is 2. The van der Waals surface area contributed by atoms with Gasteiger partial charge in [0.2, 0.25) is 5.91 Å². The molecule has 2 atom stereocenters. The van der Waals surface area contributed by atoms with Gasteiger partial charge in [0.05, 0.1) is 0 Å². The molecule has 2 N–H and O–H groups in total. The fourth-order valence-corrected chi connectivity index (χ4v) is 5.51. The Kier molecular flexibility index (Phi) is 8.06. The van der Waals surface area contributed by atoms with E-state index in [4.69, 9.17) is 9.84 Å². The summed E-state index contributed by atoms with van der Waals surface area (Å²) in [6.07, 6.45) is 4.06. The minimum Gasteiger partial charge on any atom is -0.480 e. The number of ether oxygens (including phenoxy) is 1. The van der Waals surface area contributed by atoms with Crippen LogP contribution in [0.1, 0.15) is 62.5 Å². The van der Waals surface area contributed by atoms with E-state index >= 15 is 0 Å². The van der Waals surface area contributed by atoms with Gasteiger partial charge < -0.3 is 20.1 Å². The summed E-state index contributed by atoms with van der Waals surface area (Å²) in [5.74, 6) is -1.20. The Morgan fingerprint density at radius 3 is 2.26 bits per heavy atom. The minimum atomic E-state index is -1.01. The molecule has 2 amide bonds. The standard InChI is InChI=1S/C28H34N2O5/c1-2-15-30(17-27(32)33)26(31)16-19-9-3-8-14-25(19)29-28(34)35-18-24-22-12-6-4-10-20(22)21-11-5-7-13-23(21)24/h4-7,10-13,19,24-25H,2-3,8-9,14-18H2,1H3,(H,29,34)(H,32,33). The van der Waals surface area contributed by atoms with Crippen molar-refractivity contribution in [3.8, 4) is 11.1 Å². The highest BCUT2D eigenvalue weighted by Gasteiger charge is 2.32. The number of carboxylic acids is 1. The zero-order valence-electron chi connectivity index (χ0n) is 20.2. The first-order valence-electron chi connectivity index (χ1n) is 12.6. The summed E-state index contributed by atoms with van der Waals surface area (Å²) in [7, 11) is 0. The number of nitrogens with zero attached hydrogens (tertiary/aromatic N) is 1. The topological polar surface area (TPSA) is 95.9 Å². The van der Waals surface area contributed by atoms with E-state index in [9.17, 15) is 14.4 Å². The third kappa shape index (κ3) is 5.84. The van der Waals surface area contributed by atoms with E-state index in [2.05, 4.69) is 29.6 Å². The van der Waals surface area contributed by atoms with Crippen LogP contribution < -0.4 is 5.32 Å². The zero-order chi connectivity index (χ0) is 24.8. The van der Waals surface area contributed by atoms with Gasteiger partial charge in [-0.25, -0.2) is 4.79 Å². The molecule has 186 valence electrons. The molecule has 1 fully saturated rings. The summed E-state index contributed by atoms with van der Waals surface area (Å²) in [5, 5.41) is 12.1. The van der Waals surface area contributed by atoms with Crippen molar-refractivity contribution in [2.75, 3.05) is 19.7 Å². The quantitative estimate of drug-likeness (QED) is 0.540. The highest BCUT2D eigenvalue weighted by atomic mass is 16.5. The normalized spacial score (nSPS) is 18.9. The average Bonchev–Trinajstić information content (AvgIpc) is 3.17. The molecule has 4 rings (SSSR count). The molecule has 0 saturated heterocycles. The molecule has 0 aromatic heterocycles. The molecule has 0 radical (unpaired) electrons. The molecule has 7 nitrogen and oxygen atoms in total. The van der Waals surface area contributed by atoms with Crippen LogP contribution in [0.2, 0.25) is 0 Å². The van der Waals surface area contributed by atoms with Crippen LogP contribution in [0.3, 0.4) is 0 Å². The monoisotopic (exact) mass is 478 g/mol. The first-order valence-corrected chi connectivity index (χ1v) is 12.6. The lowest BCUT2D eigenvalue weighted by Crippen LogP contribution is -2.45. The summed E-state index contributed by atoms with van der Waals surface area (Å²) < 4.78 is 5.71. The van der Waals surface area contributed by atoms with E-state index in [0.717, 1.165) is 36.8 Å². The van der Waals surface area contributed by atoms with Crippen molar-refractivity contribution in [3.63, 3.8) is 0 Å². The van der Waals surface area contributed by atoms with Crippen LogP contribution in [0.15, 0.2) is 48.5 Å². The molecule has 7 heteroatoms. The number of rotatable bonds is 9. The molecule has 2 aromatic carbocycles. The number of alkyl carbamates (subject to hydrolysis) is 1. The number of carbonyl (C=O) groups excluding carboxylic acids is 2. The lowest BCUT2D eigenvalue weighted by Gasteiger charge is -2.33. The Morgan fingerprint density at radius 1 is 1.00 bits per heavy atom. The minimum absolute atomic E-state index is 0.00417. The number of nitrogens with one attached hydrogen (secondary N) is 1. The highest BCUT2D eigenvalue weighted by Crippen LogP contribution is 2.44. The van der Waals surface area contributed by atoms with Gasteiger partial charge in [0.1, 0.15) is 13.2 Å². The third-order valence-corrected chi connectivity index (χ3v) is 7.17. The maximum absolute atomic E-state index is 12.8. The van der Waals surface area contributed by atoms with Gasteiger partial charge in [0.25, 0.3) is 0 Å². The van der Waals surface area contributed by atoms with Crippen LogP contribution in [-0.2, 0) is 14.3 Å². The Morgan fingerprint density at radius 2 is 1.63 bits per heavy atom. The van der Waals surface area contributed by atoms with Gasteiger partial charge in [-0.15, -0.1) is 0 Å². The van der Waals surface area contributed by atoms with Gasteiger partial charge in [0, 0.05) is 24.9 Å². The van der Waals surface area contributed by atoms with Gasteiger partial charge in [0.15, 0.2) is 0 Å². The van der Waals surface area contributed by atoms with E-state index in [1.807, 2.05) is 31.2 Å². The molecular formula is C28H34N2O5. The maximum atomic E-state index is 12.8. The number of benzene rings is 2. The van der Waals surface area contributed by atoms with E-state index in [-0.39, 0.29) is 43.4 Å². The van der Waals surface area contributed by atoms with Gasteiger partial charge >= 0.3 is 12.1 Å². The predicted octanol–water partition coefficient (Wildman–Crippen LogP) is 4.80. The molecule has 2 aliphatic rings. The number of hydrogen-bond acceptors (Lipinski definition) is 4. The molecule has 0 bridgehead atoms. The first kappa shape index (κ1) is 24.8. The molecule has 0 heterocycles. The van der Waals surface area contributed by atoms with E-state index < -0.39 is 12.1 Å². The molecular weight excluding hydrogens is 444 g/mol. The first-order chi connectivity index (χ1) is 17.0. The van der Waals surface area contributed by atoms with Crippen molar-refractivity contribution >= 4 is 18.0 Å². The van der Waals surface area contributed by atoms with E-state index in [0.29, 0.717) is 13.0 Å². The summed E-state index contributed by atoms with van der Waals surface area (Å²) in [4.78, 5) is 38.2. The lowest BCUT2D eigenvalue weighted by molar-refractivity contribution is -0.145. The summed E-state index contributed by atoms with van der Waals surface area (Å²) in [6, 6.07) is 16.3. The Balaban J connectivity index is 1.36. The van der Waals surface area contributed by atoms with E-state index in [1.54, 1.807) is 0 Å². The van der Waals surface area contributed by atoms with Crippen molar-refractivity contribution < 1.29 is 24.2 Å². The Labute approximate surface area is 206 Å². The fraction of sp³-hybridized carbons (Fsp3) is 0.464. The zero-order valence-corrected chi connectivity index (χ0v) is 20.2. The number of carbonyl (C=O) groups is 3. The number of fused-ring (bicyclic) bond motifs is 3. The van der Waals surface area contributed by atoms with Crippen LogP contribution in [0, 0.1) is 5.92 Å². The smallest absolute Gasteiger partial charge is 0.407 e. The second kappa shape index (κ2) is 11.4. The second-order valence-corrected chi connectivity index (χ2v) is 9.53. The van der Waals surface area contributed by atoms with Crippen LogP contribution in [-0.4, -0.2) is 53.7 Å². The largest absolute Gasteiger partial charge is 0.480 e. The second-order valence-electron chi connectivity index (χ2n) is 9.53. The molecule has 2 unspecified atom stereocenters. The lowest BCUT2D eigenvalue weighted by atomic mass is 9.82. The van der Waals surface area contributed by atoms with Crippen LogP contribution in [0.25, 0.3) is 11.1 Å². The molecule has 0 aliphatic heterocycles. The van der Waals surface area contributed by atoms with Crippen molar-refractivity contribution in [1.82, 2.24) is 10.2 Å². The third-order valence-electron chi connectivity index (χ3n) is 7.17. The Bertz CT molecular complexity index is 1020. The van der Waals surface area contributed by atoms with Gasteiger partial charge in [-0.1, -0.05) is 68.3 Å². The van der Waals surface area contributed by atoms with Crippen molar-refractivity contribution in [2.45, 2.75) is 57.4 Å². The molecule has 1 saturated carbocycles. The van der Waals surface area contributed by atoms with Crippen LogP contribution >= 0.6 is 0 Å². The van der Waals surface area contributed by atoms with Crippen LogP contribution in [0.5, 0.6) is 0 Å². The Hall–Kier alpha value is -3.35. The average molecular weight is 479 g/mol. The van der Waals surface area contributed by atoms with Gasteiger partial charge in [-0.3, -0.25) is 9.59 Å². The number of aliphatic carboxylic acids is 1. The fourth-order valence-electron chi connectivity index (χ4n) is 5.51. The van der Waals surface area contributed by atoms with Crippen LogP contribution in [0.4, 0.5) is 4.79 Å². The highest BCUT2D eigenvalue weighted by molar-refractivity contribution is 5.82. The van der Waals surface area contributed by atoms with Gasteiger partial charge in [-0.05, 0) is 47.4 Å². The molecule has 0 spiro atoms. The van der Waals surface area contributed by atoms with Gasteiger partial charge in [-0.2, -0.15) is 0 Å². The SMILES string of the molecule is CCCN(CC(=O)O)C(=O)CC1CCCCC1NC(=O)OCC1c2ccccc2-c2ccccc21. The summed E-state index contributed by atoms with van der Waals surface area (Å²) in [5.41, 5.74) is 4.69. The molecule has 35 heavy (non-hydrogen) atoms. The molecule has 2 aromatic rings. The van der Waals surface area contributed by atoms with Crippen molar-refractivity contribution in [1.29, 1.82) is 0 Å². The number of hydrogen-bond donors (Lipinski definition) is 2. The van der Waals surface area contributed by atoms with E-state index in [1.165, 1.54) is 16.0 Å². The summed E-state index contributed by atoms with van der Waals surface area (Å²) in [6.45, 7) is 2.30.